The standard InChI is InChI=1S/C26H26F3N5O4S/c1-33(39(2,37)38)23-21(5-3-15-30-23)17-7-13-20(14-8-17)34-16-4-6-22(24(34)35)32-25(36)31-19-11-9-18(10-12-19)26(27,28)29/h3,5,7-15,22H,4,6,16H2,1-2H3,(H2,31,32,36)/t22-/m1/s1. The van der Waals surface area contributed by atoms with Crippen molar-refractivity contribution in [3.63, 3.8) is 0 Å². The molecule has 3 amide bonds. The number of rotatable bonds is 6. The molecule has 1 fully saturated rings. The maximum Gasteiger partial charge on any atom is 0.416 e. The number of halogens is 3. The number of nitrogens with zero attached hydrogens (tertiary/aromatic N) is 3. The summed E-state index contributed by atoms with van der Waals surface area (Å²) in [5, 5.41) is 5.05. The smallest absolute Gasteiger partial charge is 0.326 e. The number of nitrogens with one attached hydrogen (secondary N) is 2. The minimum atomic E-state index is -4.48. The van der Waals surface area contributed by atoms with Crippen molar-refractivity contribution in [3.05, 3.63) is 72.4 Å². The van der Waals surface area contributed by atoms with E-state index in [-0.39, 0.29) is 17.4 Å². The van der Waals surface area contributed by atoms with Crippen LogP contribution in [0.5, 0.6) is 0 Å². The van der Waals surface area contributed by atoms with E-state index < -0.39 is 33.8 Å². The number of carbonyl (C=O) groups excluding carboxylic acids is 2. The van der Waals surface area contributed by atoms with Crippen molar-refractivity contribution in [2.45, 2.75) is 25.1 Å². The molecule has 4 rings (SSSR count). The van der Waals surface area contributed by atoms with Gasteiger partial charge in [-0.2, -0.15) is 13.2 Å². The van der Waals surface area contributed by atoms with E-state index in [1.54, 1.807) is 41.3 Å². The second-order valence-corrected chi connectivity index (χ2v) is 11.0. The van der Waals surface area contributed by atoms with Crippen LogP contribution in [0, 0.1) is 0 Å². The van der Waals surface area contributed by atoms with Crippen LogP contribution in [-0.2, 0) is 21.0 Å². The van der Waals surface area contributed by atoms with Gasteiger partial charge in [0, 0.05) is 36.7 Å². The number of urea groups is 1. The van der Waals surface area contributed by atoms with Crippen LogP contribution in [0.25, 0.3) is 11.1 Å². The van der Waals surface area contributed by atoms with Gasteiger partial charge in [0.05, 0.1) is 11.8 Å². The molecular formula is C26H26F3N5O4S. The number of pyridine rings is 1. The number of sulfonamides is 1. The third-order valence-electron chi connectivity index (χ3n) is 6.29. The molecule has 0 bridgehead atoms. The molecule has 0 aliphatic carbocycles. The van der Waals surface area contributed by atoms with E-state index in [1.165, 1.54) is 13.2 Å². The average Bonchev–Trinajstić information content (AvgIpc) is 2.89. The minimum absolute atomic E-state index is 0.160. The largest absolute Gasteiger partial charge is 0.416 e. The molecule has 1 atom stereocenters. The van der Waals surface area contributed by atoms with Crippen molar-refractivity contribution in [2.75, 3.05) is 34.4 Å². The van der Waals surface area contributed by atoms with Crippen LogP contribution in [0.3, 0.4) is 0 Å². The van der Waals surface area contributed by atoms with Crippen molar-refractivity contribution < 1.29 is 31.2 Å². The summed E-state index contributed by atoms with van der Waals surface area (Å²) < 4.78 is 63.4. The molecule has 3 aromatic rings. The molecule has 39 heavy (non-hydrogen) atoms. The van der Waals surface area contributed by atoms with Gasteiger partial charge in [-0.25, -0.2) is 18.2 Å². The van der Waals surface area contributed by atoms with E-state index in [2.05, 4.69) is 15.6 Å². The summed E-state index contributed by atoms with van der Waals surface area (Å²) in [6, 6.07) is 12.9. The van der Waals surface area contributed by atoms with Gasteiger partial charge in [-0.3, -0.25) is 9.10 Å². The summed E-state index contributed by atoms with van der Waals surface area (Å²) in [5.74, 6) is -0.0550. The highest BCUT2D eigenvalue weighted by atomic mass is 32.2. The molecule has 9 nitrogen and oxygen atoms in total. The summed E-state index contributed by atoms with van der Waals surface area (Å²) in [6.07, 6.45) is -0.869. The third kappa shape index (κ3) is 6.48. The van der Waals surface area contributed by atoms with E-state index in [0.717, 1.165) is 34.8 Å². The summed E-state index contributed by atoms with van der Waals surface area (Å²) in [5.41, 5.74) is 1.22. The Hall–Kier alpha value is -4.13. The lowest BCUT2D eigenvalue weighted by molar-refractivity contribution is -0.137. The number of hydrogen-bond donors (Lipinski definition) is 2. The first-order chi connectivity index (χ1) is 18.3. The highest BCUT2D eigenvalue weighted by Gasteiger charge is 2.32. The van der Waals surface area contributed by atoms with Gasteiger partial charge in [0.25, 0.3) is 0 Å². The van der Waals surface area contributed by atoms with Crippen LogP contribution in [-0.4, -0.2) is 51.2 Å². The lowest BCUT2D eigenvalue weighted by Crippen LogP contribution is -2.53. The van der Waals surface area contributed by atoms with Gasteiger partial charge in [-0.05, 0) is 66.9 Å². The number of hydrogen-bond acceptors (Lipinski definition) is 5. The normalized spacial score (nSPS) is 16.1. The molecule has 0 saturated carbocycles. The zero-order valence-corrected chi connectivity index (χ0v) is 21.9. The lowest BCUT2D eigenvalue weighted by Gasteiger charge is -2.32. The van der Waals surface area contributed by atoms with Crippen LogP contribution in [0.15, 0.2) is 66.9 Å². The van der Waals surface area contributed by atoms with Crippen molar-refractivity contribution in [3.8, 4) is 11.1 Å². The van der Waals surface area contributed by atoms with Gasteiger partial charge in [0.1, 0.15) is 11.9 Å². The molecule has 2 N–H and O–H groups in total. The second kappa shape index (κ2) is 10.9. The number of piperidine rings is 1. The number of benzene rings is 2. The number of aromatic nitrogens is 1. The Labute approximate surface area is 223 Å². The molecule has 13 heteroatoms. The second-order valence-electron chi connectivity index (χ2n) is 9.01. The van der Waals surface area contributed by atoms with Crippen molar-refractivity contribution in [1.82, 2.24) is 10.3 Å². The molecule has 1 aliphatic heterocycles. The Balaban J connectivity index is 1.44. The summed E-state index contributed by atoms with van der Waals surface area (Å²) in [7, 11) is -2.11. The maximum atomic E-state index is 13.2. The van der Waals surface area contributed by atoms with Crippen LogP contribution in [0.2, 0.25) is 0 Å². The monoisotopic (exact) mass is 561 g/mol. The van der Waals surface area contributed by atoms with Crippen LogP contribution in [0.1, 0.15) is 18.4 Å². The molecule has 0 spiro atoms. The Morgan fingerprint density at radius 1 is 1.08 bits per heavy atom. The highest BCUT2D eigenvalue weighted by Crippen LogP contribution is 2.32. The molecule has 1 saturated heterocycles. The number of amides is 3. The molecule has 1 aromatic heterocycles. The van der Waals surface area contributed by atoms with E-state index in [1.807, 2.05) is 0 Å². The quantitative estimate of drug-likeness (QED) is 0.461. The molecular weight excluding hydrogens is 535 g/mol. The Morgan fingerprint density at radius 2 is 1.74 bits per heavy atom. The van der Waals surface area contributed by atoms with Crippen LogP contribution < -0.4 is 19.8 Å². The Morgan fingerprint density at radius 3 is 2.36 bits per heavy atom. The van der Waals surface area contributed by atoms with E-state index >= 15 is 0 Å². The number of alkyl halides is 3. The fraction of sp³-hybridized carbons (Fsp3) is 0.269. The zero-order valence-electron chi connectivity index (χ0n) is 21.1. The van der Waals surface area contributed by atoms with Gasteiger partial charge in [0.2, 0.25) is 15.9 Å². The molecule has 2 heterocycles. The summed E-state index contributed by atoms with van der Waals surface area (Å²) >= 11 is 0. The maximum absolute atomic E-state index is 13.2. The molecule has 1 aliphatic rings. The van der Waals surface area contributed by atoms with E-state index in [4.69, 9.17) is 0 Å². The number of anilines is 3. The third-order valence-corrected chi connectivity index (χ3v) is 7.45. The predicted molar refractivity (Wildman–Crippen MR) is 142 cm³/mol. The van der Waals surface area contributed by atoms with Gasteiger partial charge in [-0.1, -0.05) is 12.1 Å². The SMILES string of the molecule is CN(c1ncccc1-c1ccc(N2CCC[C@@H](NC(=O)Nc3ccc(C(F)(F)F)cc3)C2=O)cc1)S(C)(=O)=O. The molecule has 0 unspecified atom stereocenters. The Bertz CT molecular complexity index is 1460. The van der Waals surface area contributed by atoms with Gasteiger partial charge in [0.15, 0.2) is 0 Å². The average molecular weight is 562 g/mol. The fourth-order valence-corrected chi connectivity index (χ4v) is 4.64. The highest BCUT2D eigenvalue weighted by molar-refractivity contribution is 7.92. The van der Waals surface area contributed by atoms with Crippen molar-refractivity contribution in [1.29, 1.82) is 0 Å². The first kappa shape index (κ1) is 27.9. The number of carbonyl (C=O) groups is 2. The minimum Gasteiger partial charge on any atom is -0.326 e. The van der Waals surface area contributed by atoms with Crippen molar-refractivity contribution in [2.24, 2.45) is 0 Å². The van der Waals surface area contributed by atoms with Crippen LogP contribution in [0.4, 0.5) is 35.2 Å². The van der Waals surface area contributed by atoms with Crippen molar-refractivity contribution >= 4 is 39.2 Å². The zero-order chi connectivity index (χ0) is 28.4. The molecule has 206 valence electrons. The predicted octanol–water partition coefficient (Wildman–Crippen LogP) is 4.48. The first-order valence-electron chi connectivity index (χ1n) is 11.9. The summed E-state index contributed by atoms with van der Waals surface area (Å²) in [6.45, 7) is 0.436. The topological polar surface area (TPSA) is 112 Å². The lowest BCUT2D eigenvalue weighted by atomic mass is 10.0. The summed E-state index contributed by atoms with van der Waals surface area (Å²) in [4.78, 5) is 31.4. The van der Waals surface area contributed by atoms with Gasteiger partial charge in [-0.15, -0.1) is 0 Å². The molecule has 0 radical (unpaired) electrons. The van der Waals surface area contributed by atoms with E-state index in [9.17, 15) is 31.2 Å². The van der Waals surface area contributed by atoms with Gasteiger partial charge < -0.3 is 15.5 Å². The van der Waals surface area contributed by atoms with Crippen LogP contribution >= 0.6 is 0 Å². The van der Waals surface area contributed by atoms with Gasteiger partial charge >= 0.3 is 12.2 Å². The Kier molecular flexibility index (Phi) is 7.82. The molecule has 2 aromatic carbocycles. The first-order valence-corrected chi connectivity index (χ1v) is 13.7. The fourth-order valence-electron chi connectivity index (χ4n) is 4.18. The van der Waals surface area contributed by atoms with E-state index in [0.29, 0.717) is 36.2 Å².